The Kier molecular flexibility index (Phi) is 5.57. The van der Waals surface area contributed by atoms with Gasteiger partial charge in [-0.15, -0.1) is 0 Å². The van der Waals surface area contributed by atoms with Crippen molar-refractivity contribution in [3.63, 3.8) is 0 Å². The molecule has 0 radical (unpaired) electrons. The lowest BCUT2D eigenvalue weighted by molar-refractivity contribution is 0.220. The van der Waals surface area contributed by atoms with Gasteiger partial charge in [-0.1, -0.05) is 12.8 Å². The lowest BCUT2D eigenvalue weighted by Crippen LogP contribution is -2.55. The second kappa shape index (κ2) is 7.63. The van der Waals surface area contributed by atoms with E-state index in [2.05, 4.69) is 21.3 Å². The van der Waals surface area contributed by atoms with Gasteiger partial charge >= 0.3 is 12.1 Å². The van der Waals surface area contributed by atoms with Gasteiger partial charge in [0.2, 0.25) is 0 Å². The third kappa shape index (κ3) is 4.61. The van der Waals surface area contributed by atoms with Gasteiger partial charge < -0.3 is 21.3 Å². The van der Waals surface area contributed by atoms with Gasteiger partial charge in [0.25, 0.3) is 0 Å². The van der Waals surface area contributed by atoms with E-state index in [9.17, 15) is 14.0 Å². The maximum atomic E-state index is 12.8. The minimum absolute atomic E-state index is 0.0901. The van der Waals surface area contributed by atoms with Gasteiger partial charge in [-0.25, -0.2) is 14.0 Å². The van der Waals surface area contributed by atoms with Gasteiger partial charge in [-0.2, -0.15) is 0 Å². The van der Waals surface area contributed by atoms with Crippen LogP contribution in [0.2, 0.25) is 0 Å². The minimum Gasteiger partial charge on any atom is -0.341 e. The Morgan fingerprint density at radius 3 is 2.09 bits per heavy atom. The van der Waals surface area contributed by atoms with E-state index < -0.39 is 0 Å². The molecule has 0 aliphatic heterocycles. The Hall–Kier alpha value is -2.31. The molecule has 6 nitrogen and oxygen atoms in total. The van der Waals surface area contributed by atoms with Crippen molar-refractivity contribution < 1.29 is 14.0 Å². The summed E-state index contributed by atoms with van der Waals surface area (Å²) in [6, 6.07) is 4.74. The largest absolute Gasteiger partial charge is 0.341 e. The Bertz CT molecular complexity index is 521. The fourth-order valence-electron chi connectivity index (χ4n) is 2.59. The minimum atomic E-state index is -0.359. The number of benzene rings is 1. The molecular weight excluding hydrogens is 287 g/mol. The maximum Gasteiger partial charge on any atom is 0.319 e. The van der Waals surface area contributed by atoms with Crippen LogP contribution in [0.1, 0.15) is 25.7 Å². The highest BCUT2D eigenvalue weighted by Crippen LogP contribution is 2.19. The molecule has 0 bridgehead atoms. The zero-order chi connectivity index (χ0) is 15.9. The summed E-state index contributed by atoms with van der Waals surface area (Å²) in [6.45, 7) is 0. The number of amides is 4. The van der Waals surface area contributed by atoms with Crippen molar-refractivity contribution in [1.29, 1.82) is 0 Å². The van der Waals surface area contributed by atoms with Crippen molar-refractivity contribution in [2.24, 2.45) is 0 Å². The molecule has 1 aliphatic rings. The molecule has 7 heteroatoms. The summed E-state index contributed by atoms with van der Waals surface area (Å²) in [7, 11) is 1.56. The van der Waals surface area contributed by atoms with Crippen LogP contribution in [-0.4, -0.2) is 31.2 Å². The number of carbonyl (C=O) groups excluding carboxylic acids is 2. The number of hydrogen-bond acceptors (Lipinski definition) is 2. The van der Waals surface area contributed by atoms with E-state index in [1.54, 1.807) is 7.05 Å². The van der Waals surface area contributed by atoms with Crippen molar-refractivity contribution >= 4 is 17.7 Å². The first-order chi connectivity index (χ1) is 10.6. The van der Waals surface area contributed by atoms with Crippen LogP contribution in [0.3, 0.4) is 0 Å². The van der Waals surface area contributed by atoms with Crippen LogP contribution >= 0.6 is 0 Å². The van der Waals surface area contributed by atoms with E-state index in [0.29, 0.717) is 5.69 Å². The van der Waals surface area contributed by atoms with Gasteiger partial charge in [-0.05, 0) is 37.1 Å². The topological polar surface area (TPSA) is 82.3 Å². The first-order valence-electron chi connectivity index (χ1n) is 7.40. The number of urea groups is 2. The highest BCUT2D eigenvalue weighted by Gasteiger charge is 2.27. The molecule has 4 N–H and O–H groups in total. The average molecular weight is 308 g/mol. The predicted molar refractivity (Wildman–Crippen MR) is 82.2 cm³/mol. The SMILES string of the molecule is CNC(=O)NC1CCCCC1NC(=O)Nc1ccc(F)cc1. The third-order valence-corrected chi connectivity index (χ3v) is 3.73. The van der Waals surface area contributed by atoms with Gasteiger partial charge in [0.1, 0.15) is 5.82 Å². The summed E-state index contributed by atoms with van der Waals surface area (Å²) >= 11 is 0. The Labute approximate surface area is 128 Å². The van der Waals surface area contributed by atoms with Crippen LogP contribution in [0, 0.1) is 5.82 Å². The smallest absolute Gasteiger partial charge is 0.319 e. The molecule has 1 aromatic carbocycles. The third-order valence-electron chi connectivity index (χ3n) is 3.73. The van der Waals surface area contributed by atoms with Crippen LogP contribution in [0.25, 0.3) is 0 Å². The monoisotopic (exact) mass is 308 g/mol. The normalized spacial score (nSPS) is 20.8. The highest BCUT2D eigenvalue weighted by atomic mass is 19.1. The van der Waals surface area contributed by atoms with Crippen LogP contribution in [0.4, 0.5) is 19.7 Å². The molecule has 1 fully saturated rings. The molecule has 120 valence electrons. The molecule has 22 heavy (non-hydrogen) atoms. The van der Waals surface area contributed by atoms with E-state index in [1.165, 1.54) is 24.3 Å². The standard InChI is InChI=1S/C15H21FN4O2/c1-17-14(21)19-12-4-2-3-5-13(12)20-15(22)18-11-8-6-10(16)7-9-11/h6-9,12-13H,2-5H2,1H3,(H2,17,19,21)(H2,18,20,22). The lowest BCUT2D eigenvalue weighted by atomic mass is 9.90. The van der Waals surface area contributed by atoms with Gasteiger partial charge in [0.05, 0.1) is 12.1 Å². The molecule has 0 spiro atoms. The number of anilines is 1. The van der Waals surface area contributed by atoms with Crippen LogP contribution in [0.15, 0.2) is 24.3 Å². The fourth-order valence-corrected chi connectivity index (χ4v) is 2.59. The van der Waals surface area contributed by atoms with Crippen LogP contribution in [-0.2, 0) is 0 Å². The second-order valence-electron chi connectivity index (χ2n) is 5.33. The van der Waals surface area contributed by atoms with Crippen molar-refractivity contribution in [1.82, 2.24) is 16.0 Å². The van der Waals surface area contributed by atoms with E-state index >= 15 is 0 Å². The molecule has 1 aromatic rings. The summed E-state index contributed by atoms with van der Waals surface area (Å²) < 4.78 is 12.8. The molecule has 1 saturated carbocycles. The first kappa shape index (κ1) is 16.1. The molecule has 4 amide bonds. The molecule has 0 aromatic heterocycles. The molecule has 1 aliphatic carbocycles. The zero-order valence-electron chi connectivity index (χ0n) is 12.5. The maximum absolute atomic E-state index is 12.8. The number of carbonyl (C=O) groups is 2. The first-order valence-corrected chi connectivity index (χ1v) is 7.40. The summed E-state index contributed by atoms with van der Waals surface area (Å²) in [6.07, 6.45) is 3.67. The van der Waals surface area contributed by atoms with Crippen LogP contribution in [0.5, 0.6) is 0 Å². The molecule has 0 heterocycles. The lowest BCUT2D eigenvalue weighted by Gasteiger charge is -2.32. The predicted octanol–water partition coefficient (Wildman–Crippen LogP) is 2.19. The summed E-state index contributed by atoms with van der Waals surface area (Å²) in [5, 5.41) is 10.9. The number of rotatable bonds is 3. The molecule has 0 saturated heterocycles. The van der Waals surface area contributed by atoms with Crippen molar-refractivity contribution in [3.8, 4) is 0 Å². The molecule has 2 unspecified atom stereocenters. The van der Waals surface area contributed by atoms with E-state index in [0.717, 1.165) is 25.7 Å². The summed E-state index contributed by atoms with van der Waals surface area (Å²) in [4.78, 5) is 23.5. The van der Waals surface area contributed by atoms with Crippen LogP contribution < -0.4 is 21.3 Å². The number of hydrogen-bond donors (Lipinski definition) is 4. The van der Waals surface area contributed by atoms with Gasteiger partial charge in [-0.3, -0.25) is 0 Å². The Morgan fingerprint density at radius 2 is 1.55 bits per heavy atom. The highest BCUT2D eigenvalue weighted by molar-refractivity contribution is 5.89. The van der Waals surface area contributed by atoms with E-state index in [1.807, 2.05) is 0 Å². The summed E-state index contributed by atoms with van der Waals surface area (Å²) in [5.74, 6) is -0.354. The summed E-state index contributed by atoms with van der Waals surface area (Å²) in [5.41, 5.74) is 0.519. The Balaban J connectivity index is 1.90. The van der Waals surface area contributed by atoms with Crippen molar-refractivity contribution in [2.75, 3.05) is 12.4 Å². The van der Waals surface area contributed by atoms with Crippen molar-refractivity contribution in [3.05, 3.63) is 30.1 Å². The van der Waals surface area contributed by atoms with Crippen molar-refractivity contribution in [2.45, 2.75) is 37.8 Å². The van der Waals surface area contributed by atoms with E-state index in [-0.39, 0.29) is 30.0 Å². The molecule has 2 atom stereocenters. The molecule has 2 rings (SSSR count). The Morgan fingerprint density at radius 1 is 1.00 bits per heavy atom. The van der Waals surface area contributed by atoms with Gasteiger partial charge in [0.15, 0.2) is 0 Å². The fraction of sp³-hybridized carbons (Fsp3) is 0.467. The molecular formula is C15H21FN4O2. The zero-order valence-corrected chi connectivity index (χ0v) is 12.5. The quantitative estimate of drug-likeness (QED) is 0.690. The van der Waals surface area contributed by atoms with Gasteiger partial charge in [0, 0.05) is 12.7 Å². The second-order valence-corrected chi connectivity index (χ2v) is 5.33. The van der Waals surface area contributed by atoms with E-state index in [4.69, 9.17) is 0 Å². The number of halogens is 1. The number of nitrogens with one attached hydrogen (secondary N) is 4. The average Bonchev–Trinajstić information content (AvgIpc) is 2.51.